The second-order valence-electron chi connectivity index (χ2n) is 3.93. The Morgan fingerprint density at radius 1 is 1.41 bits per heavy atom. The Kier molecular flexibility index (Phi) is 3.54. The molecule has 17 heavy (non-hydrogen) atoms. The van der Waals surface area contributed by atoms with Gasteiger partial charge >= 0.3 is 5.97 Å². The average molecular weight is 234 g/mol. The van der Waals surface area contributed by atoms with E-state index in [1.807, 2.05) is 6.07 Å². The molecule has 1 saturated heterocycles. The third kappa shape index (κ3) is 2.53. The number of esters is 1. The maximum atomic E-state index is 11.6. The number of ether oxygens (including phenoxy) is 2. The van der Waals surface area contributed by atoms with E-state index in [4.69, 9.17) is 9.47 Å². The number of methoxy groups -OCH3 is 1. The molecule has 2 rings (SSSR count). The molecule has 90 valence electrons. The van der Waals surface area contributed by atoms with Gasteiger partial charge in [0.2, 0.25) is 0 Å². The maximum absolute atomic E-state index is 11.6. The van der Waals surface area contributed by atoms with Crippen molar-refractivity contribution < 1.29 is 19.1 Å². The summed E-state index contributed by atoms with van der Waals surface area (Å²) in [7, 11) is 1.34. The molecule has 0 spiro atoms. The molecule has 1 aliphatic heterocycles. The van der Waals surface area contributed by atoms with Crippen molar-refractivity contribution in [2.75, 3.05) is 13.7 Å². The van der Waals surface area contributed by atoms with Gasteiger partial charge in [-0.05, 0) is 11.6 Å². The molecule has 4 heteroatoms. The van der Waals surface area contributed by atoms with Gasteiger partial charge in [-0.15, -0.1) is 0 Å². The van der Waals surface area contributed by atoms with Gasteiger partial charge in [-0.2, -0.15) is 0 Å². The Balaban J connectivity index is 2.30. The minimum atomic E-state index is -0.401. The molecule has 1 aromatic carbocycles. The molecular formula is C13H14O4. The van der Waals surface area contributed by atoms with Gasteiger partial charge in [-0.1, -0.05) is 18.2 Å². The minimum absolute atomic E-state index is 0.168. The zero-order valence-electron chi connectivity index (χ0n) is 9.64. The number of hydrogen-bond donors (Lipinski definition) is 0. The molecule has 1 aromatic rings. The molecule has 1 heterocycles. The Labute approximate surface area is 99.5 Å². The van der Waals surface area contributed by atoms with Crippen molar-refractivity contribution in [1.82, 2.24) is 0 Å². The van der Waals surface area contributed by atoms with Crippen LogP contribution in [-0.4, -0.2) is 25.5 Å². The van der Waals surface area contributed by atoms with Gasteiger partial charge < -0.3 is 9.47 Å². The summed E-state index contributed by atoms with van der Waals surface area (Å²) < 4.78 is 10.3. The first-order valence-electron chi connectivity index (χ1n) is 5.53. The van der Waals surface area contributed by atoms with Crippen LogP contribution in [0.1, 0.15) is 34.9 Å². The van der Waals surface area contributed by atoms with Crippen LogP contribution in [0, 0.1) is 0 Å². The van der Waals surface area contributed by atoms with E-state index in [0.717, 1.165) is 5.56 Å². The summed E-state index contributed by atoms with van der Waals surface area (Å²) in [4.78, 5) is 23.0. The molecule has 0 radical (unpaired) electrons. The van der Waals surface area contributed by atoms with Crippen LogP contribution < -0.4 is 0 Å². The van der Waals surface area contributed by atoms with Crippen LogP contribution in [0.2, 0.25) is 0 Å². The predicted octanol–water partition coefficient (Wildman–Crippen LogP) is 1.89. The fourth-order valence-corrected chi connectivity index (χ4v) is 1.96. The highest BCUT2D eigenvalue weighted by Gasteiger charge is 2.25. The van der Waals surface area contributed by atoms with Gasteiger partial charge in [0, 0.05) is 12.8 Å². The fourth-order valence-electron chi connectivity index (χ4n) is 1.96. The smallest absolute Gasteiger partial charge is 0.338 e. The van der Waals surface area contributed by atoms with Crippen LogP contribution in [-0.2, 0) is 14.3 Å². The second-order valence-corrected chi connectivity index (χ2v) is 3.93. The summed E-state index contributed by atoms with van der Waals surface area (Å²) in [6.07, 6.45) is 0.455. The Morgan fingerprint density at radius 2 is 2.18 bits per heavy atom. The second kappa shape index (κ2) is 5.10. The molecule has 0 amide bonds. The first-order valence-corrected chi connectivity index (χ1v) is 5.53. The van der Waals surface area contributed by atoms with Crippen LogP contribution in [0.15, 0.2) is 24.3 Å². The Hall–Kier alpha value is -1.68. The van der Waals surface area contributed by atoms with Gasteiger partial charge in [-0.25, -0.2) is 4.79 Å². The van der Waals surface area contributed by atoms with E-state index < -0.39 is 5.97 Å². The van der Waals surface area contributed by atoms with Gasteiger partial charge in [-0.3, -0.25) is 4.79 Å². The largest absolute Gasteiger partial charge is 0.465 e. The van der Waals surface area contributed by atoms with Crippen molar-refractivity contribution in [3.63, 3.8) is 0 Å². The molecule has 0 bridgehead atoms. The van der Waals surface area contributed by atoms with E-state index in [0.29, 0.717) is 25.0 Å². The highest BCUT2D eigenvalue weighted by atomic mass is 16.5. The Morgan fingerprint density at radius 3 is 2.88 bits per heavy atom. The lowest BCUT2D eigenvalue weighted by molar-refractivity contribution is -0.128. The number of hydrogen-bond acceptors (Lipinski definition) is 4. The standard InChI is InChI=1S/C13H14O4/c1-16-13(15)11-5-3-2-4-10(11)12-8-9(14)6-7-17-12/h2-5,12H,6-8H2,1H3. The molecular weight excluding hydrogens is 220 g/mol. The van der Waals surface area contributed by atoms with Gasteiger partial charge in [0.1, 0.15) is 5.78 Å². The first-order chi connectivity index (χ1) is 8.22. The van der Waals surface area contributed by atoms with Gasteiger partial charge in [0.15, 0.2) is 0 Å². The van der Waals surface area contributed by atoms with E-state index in [9.17, 15) is 9.59 Å². The molecule has 1 fully saturated rings. The van der Waals surface area contributed by atoms with Crippen molar-refractivity contribution >= 4 is 11.8 Å². The van der Waals surface area contributed by atoms with Gasteiger partial charge in [0.05, 0.1) is 25.4 Å². The van der Waals surface area contributed by atoms with Crippen LogP contribution in [0.4, 0.5) is 0 Å². The van der Waals surface area contributed by atoms with Crippen molar-refractivity contribution in [2.45, 2.75) is 18.9 Å². The van der Waals surface area contributed by atoms with Crippen molar-refractivity contribution in [2.24, 2.45) is 0 Å². The SMILES string of the molecule is COC(=O)c1ccccc1C1CC(=O)CCO1. The van der Waals surface area contributed by atoms with E-state index in [-0.39, 0.29) is 11.9 Å². The quantitative estimate of drug-likeness (QED) is 0.733. The summed E-state index contributed by atoms with van der Waals surface area (Å²) in [5.74, 6) is -0.233. The number of ketones is 1. The molecule has 4 nitrogen and oxygen atoms in total. The molecule has 0 saturated carbocycles. The van der Waals surface area contributed by atoms with Crippen LogP contribution >= 0.6 is 0 Å². The first kappa shape index (κ1) is 11.8. The third-order valence-electron chi connectivity index (χ3n) is 2.83. The zero-order valence-corrected chi connectivity index (χ0v) is 9.64. The van der Waals surface area contributed by atoms with Gasteiger partial charge in [0.25, 0.3) is 0 Å². The Bertz CT molecular complexity index is 439. The summed E-state index contributed by atoms with van der Waals surface area (Å²) in [6, 6.07) is 7.07. The molecule has 1 unspecified atom stereocenters. The normalized spacial score (nSPS) is 20.1. The number of carbonyl (C=O) groups excluding carboxylic acids is 2. The molecule has 0 aliphatic carbocycles. The van der Waals surface area contributed by atoms with E-state index in [1.54, 1.807) is 18.2 Å². The van der Waals surface area contributed by atoms with E-state index in [1.165, 1.54) is 7.11 Å². The lowest BCUT2D eigenvalue weighted by Crippen LogP contribution is -2.21. The molecule has 0 aromatic heterocycles. The van der Waals surface area contributed by atoms with Crippen molar-refractivity contribution in [3.05, 3.63) is 35.4 Å². The monoisotopic (exact) mass is 234 g/mol. The lowest BCUT2D eigenvalue weighted by Gasteiger charge is -2.23. The van der Waals surface area contributed by atoms with E-state index >= 15 is 0 Å². The van der Waals surface area contributed by atoms with Crippen molar-refractivity contribution in [1.29, 1.82) is 0 Å². The average Bonchev–Trinajstić information content (AvgIpc) is 2.38. The minimum Gasteiger partial charge on any atom is -0.465 e. The number of carbonyl (C=O) groups is 2. The summed E-state index contributed by atoms with van der Waals surface area (Å²) in [5, 5.41) is 0. The maximum Gasteiger partial charge on any atom is 0.338 e. The topological polar surface area (TPSA) is 52.6 Å². The molecule has 1 aliphatic rings. The van der Waals surface area contributed by atoms with Crippen LogP contribution in [0.25, 0.3) is 0 Å². The van der Waals surface area contributed by atoms with E-state index in [2.05, 4.69) is 0 Å². The molecule has 0 N–H and O–H groups in total. The number of Topliss-reactive ketones (excluding diaryl/α,β-unsaturated/α-hetero) is 1. The van der Waals surface area contributed by atoms with Crippen molar-refractivity contribution in [3.8, 4) is 0 Å². The van der Waals surface area contributed by atoms with Crippen LogP contribution in [0.5, 0.6) is 0 Å². The molecule has 1 atom stereocenters. The highest BCUT2D eigenvalue weighted by Crippen LogP contribution is 2.28. The lowest BCUT2D eigenvalue weighted by atomic mass is 9.96. The predicted molar refractivity (Wildman–Crippen MR) is 60.7 cm³/mol. The summed E-state index contributed by atoms with van der Waals surface area (Å²) in [6.45, 7) is 0.416. The summed E-state index contributed by atoms with van der Waals surface area (Å²) >= 11 is 0. The number of benzene rings is 1. The summed E-state index contributed by atoms with van der Waals surface area (Å²) in [5.41, 5.74) is 1.20. The fraction of sp³-hybridized carbons (Fsp3) is 0.385. The number of rotatable bonds is 2. The third-order valence-corrected chi connectivity index (χ3v) is 2.83. The zero-order chi connectivity index (χ0) is 12.3. The van der Waals surface area contributed by atoms with Crippen LogP contribution in [0.3, 0.4) is 0 Å². The highest BCUT2D eigenvalue weighted by molar-refractivity contribution is 5.91.